The van der Waals surface area contributed by atoms with Gasteiger partial charge in [0.25, 0.3) is 0 Å². The van der Waals surface area contributed by atoms with Gasteiger partial charge in [0, 0.05) is 5.69 Å². The Labute approximate surface area is 188 Å². The predicted molar refractivity (Wildman–Crippen MR) is 125 cm³/mol. The van der Waals surface area contributed by atoms with E-state index in [9.17, 15) is 14.4 Å². The third-order valence-corrected chi connectivity index (χ3v) is 5.52. The highest BCUT2D eigenvalue weighted by Crippen LogP contribution is 2.16. The summed E-state index contributed by atoms with van der Waals surface area (Å²) in [7, 11) is 0. The van der Waals surface area contributed by atoms with E-state index in [1.165, 1.54) is 5.56 Å². The van der Waals surface area contributed by atoms with Crippen molar-refractivity contribution in [3.8, 4) is 0 Å². The minimum Gasteiger partial charge on any atom is -0.376 e. The van der Waals surface area contributed by atoms with Gasteiger partial charge in [0.2, 0.25) is 16.9 Å². The molecule has 2 rings (SSSR count). The first-order valence-corrected chi connectivity index (χ1v) is 11.3. The molecule has 0 aliphatic carbocycles. The van der Waals surface area contributed by atoms with E-state index in [0.717, 1.165) is 35.0 Å². The third kappa shape index (κ3) is 8.94. The molecule has 0 aliphatic rings. The molecule has 6 nitrogen and oxygen atoms in total. The number of thioether (sulfide) groups is 1. The van der Waals surface area contributed by atoms with Crippen molar-refractivity contribution >= 4 is 34.4 Å². The van der Waals surface area contributed by atoms with Gasteiger partial charge in [0.05, 0.1) is 31.4 Å². The molecule has 0 saturated carbocycles. The Morgan fingerprint density at radius 1 is 1.06 bits per heavy atom. The maximum absolute atomic E-state index is 12.2. The van der Waals surface area contributed by atoms with Gasteiger partial charge < -0.3 is 15.4 Å². The quantitative estimate of drug-likeness (QED) is 0.554. The van der Waals surface area contributed by atoms with Crippen LogP contribution in [0.1, 0.15) is 30.5 Å². The Balaban J connectivity index is 1.63. The number of hydrogen-bond acceptors (Lipinski definition) is 5. The summed E-state index contributed by atoms with van der Waals surface area (Å²) in [5.41, 5.74) is 4.03. The Morgan fingerprint density at radius 3 is 2.48 bits per heavy atom. The molecule has 2 aromatic carbocycles. The zero-order valence-corrected chi connectivity index (χ0v) is 19.1. The average Bonchev–Trinajstić information content (AvgIpc) is 2.77. The van der Waals surface area contributed by atoms with Crippen LogP contribution in [0.2, 0.25) is 0 Å². The second kappa shape index (κ2) is 12.9. The van der Waals surface area contributed by atoms with Crippen LogP contribution in [-0.2, 0) is 32.1 Å². The molecular formula is C24H30N2O4S. The number of ether oxygens (including phenoxy) is 1. The van der Waals surface area contributed by atoms with Crippen LogP contribution in [0.5, 0.6) is 0 Å². The maximum Gasteiger partial charge on any atom is 0.234 e. The summed E-state index contributed by atoms with van der Waals surface area (Å²) in [6.07, 6.45) is 0.807. The van der Waals surface area contributed by atoms with E-state index in [1.54, 1.807) is 6.92 Å². The molecular weight excluding hydrogens is 412 g/mol. The van der Waals surface area contributed by atoms with Gasteiger partial charge >= 0.3 is 0 Å². The minimum absolute atomic E-state index is 0.00195. The minimum atomic E-state index is -0.378. The van der Waals surface area contributed by atoms with Crippen LogP contribution in [0.4, 0.5) is 5.69 Å². The standard InChI is InChI=1S/C24H30N2O4S/c1-4-20-7-5-6-8-21(20)26-22(27)16-31-23(28)13-25-24(29)18(3)14-30-15-19-11-9-17(2)10-12-19/h5-12,18H,4,13-16H2,1-3H3,(H,25,29)(H,26,27)/t18-/m0/s1. The molecule has 0 radical (unpaired) electrons. The monoisotopic (exact) mass is 442 g/mol. The Kier molecular flexibility index (Phi) is 10.3. The molecule has 0 fully saturated rings. The van der Waals surface area contributed by atoms with Gasteiger partial charge in [0.15, 0.2) is 0 Å². The second-order valence-corrected chi connectivity index (χ2v) is 8.37. The molecule has 0 saturated heterocycles. The summed E-state index contributed by atoms with van der Waals surface area (Å²) in [4.78, 5) is 36.3. The SMILES string of the molecule is CCc1ccccc1NC(=O)CSC(=O)CNC(=O)[C@@H](C)COCc1ccc(C)cc1. The van der Waals surface area contributed by atoms with Crippen molar-refractivity contribution in [2.75, 3.05) is 24.2 Å². The molecule has 2 amide bonds. The lowest BCUT2D eigenvalue weighted by Gasteiger charge is -2.12. The van der Waals surface area contributed by atoms with Crippen molar-refractivity contribution in [1.82, 2.24) is 5.32 Å². The molecule has 2 aromatic rings. The number of nitrogens with one attached hydrogen (secondary N) is 2. The molecule has 0 unspecified atom stereocenters. The van der Waals surface area contributed by atoms with Crippen molar-refractivity contribution in [1.29, 1.82) is 0 Å². The maximum atomic E-state index is 12.2. The van der Waals surface area contributed by atoms with E-state index in [1.807, 2.05) is 62.4 Å². The van der Waals surface area contributed by atoms with Crippen LogP contribution < -0.4 is 10.6 Å². The highest BCUT2D eigenvalue weighted by molar-refractivity contribution is 8.14. The van der Waals surface area contributed by atoms with Gasteiger partial charge in [-0.15, -0.1) is 0 Å². The van der Waals surface area contributed by atoms with Crippen LogP contribution in [0.15, 0.2) is 48.5 Å². The Bertz CT molecular complexity index is 883. The van der Waals surface area contributed by atoms with Gasteiger partial charge in [-0.3, -0.25) is 14.4 Å². The predicted octanol–water partition coefficient (Wildman–Crippen LogP) is 3.72. The van der Waals surface area contributed by atoms with E-state index >= 15 is 0 Å². The fourth-order valence-corrected chi connectivity index (χ4v) is 3.32. The van der Waals surface area contributed by atoms with Crippen LogP contribution in [0, 0.1) is 12.8 Å². The van der Waals surface area contributed by atoms with Gasteiger partial charge in [-0.05, 0) is 30.5 Å². The van der Waals surface area contributed by atoms with Crippen LogP contribution in [0.3, 0.4) is 0 Å². The van der Waals surface area contributed by atoms with Gasteiger partial charge in [-0.2, -0.15) is 0 Å². The number of anilines is 1. The molecule has 1 atom stereocenters. The lowest BCUT2D eigenvalue weighted by atomic mass is 10.1. The molecule has 0 heterocycles. The number of aryl methyl sites for hydroxylation is 2. The highest BCUT2D eigenvalue weighted by Gasteiger charge is 2.15. The summed E-state index contributed by atoms with van der Waals surface area (Å²) in [5.74, 6) is -0.873. The van der Waals surface area contributed by atoms with Crippen LogP contribution in [-0.4, -0.2) is 35.8 Å². The second-order valence-electron chi connectivity index (χ2n) is 7.34. The number of hydrogen-bond donors (Lipinski definition) is 2. The molecule has 7 heteroatoms. The van der Waals surface area contributed by atoms with Gasteiger partial charge in [-0.1, -0.05) is 73.6 Å². The number of para-hydroxylation sites is 1. The number of amides is 2. The summed E-state index contributed by atoms with van der Waals surface area (Å²) in [5, 5.41) is 5.17. The fraction of sp³-hybridized carbons (Fsp3) is 0.375. The first kappa shape index (κ1) is 24.6. The van der Waals surface area contributed by atoms with E-state index in [0.29, 0.717) is 6.61 Å². The van der Waals surface area contributed by atoms with E-state index in [4.69, 9.17) is 4.74 Å². The van der Waals surface area contributed by atoms with E-state index in [2.05, 4.69) is 10.6 Å². The van der Waals surface area contributed by atoms with Crippen LogP contribution in [0.25, 0.3) is 0 Å². The summed E-state index contributed by atoms with van der Waals surface area (Å²) in [6, 6.07) is 15.6. The molecule has 0 aromatic heterocycles. The largest absolute Gasteiger partial charge is 0.376 e. The molecule has 0 bridgehead atoms. The molecule has 2 N–H and O–H groups in total. The van der Waals surface area contributed by atoms with Crippen molar-refractivity contribution in [3.05, 3.63) is 65.2 Å². The van der Waals surface area contributed by atoms with Gasteiger partial charge in [0.1, 0.15) is 0 Å². The van der Waals surface area contributed by atoms with Crippen molar-refractivity contribution in [2.45, 2.75) is 33.8 Å². The smallest absolute Gasteiger partial charge is 0.234 e. The first-order chi connectivity index (χ1) is 14.9. The van der Waals surface area contributed by atoms with E-state index in [-0.39, 0.29) is 41.8 Å². The Morgan fingerprint density at radius 2 is 1.77 bits per heavy atom. The summed E-state index contributed by atoms with van der Waals surface area (Å²) < 4.78 is 5.60. The fourth-order valence-electron chi connectivity index (χ4n) is 2.78. The van der Waals surface area contributed by atoms with Gasteiger partial charge in [-0.25, -0.2) is 0 Å². The number of carbonyl (C=O) groups is 3. The van der Waals surface area contributed by atoms with Crippen molar-refractivity contribution in [3.63, 3.8) is 0 Å². The normalized spacial score (nSPS) is 11.6. The number of benzene rings is 2. The lowest BCUT2D eigenvalue weighted by molar-refractivity contribution is -0.127. The highest BCUT2D eigenvalue weighted by atomic mass is 32.2. The third-order valence-electron chi connectivity index (χ3n) is 4.65. The lowest BCUT2D eigenvalue weighted by Crippen LogP contribution is -2.35. The van der Waals surface area contributed by atoms with E-state index < -0.39 is 0 Å². The summed E-state index contributed by atoms with van der Waals surface area (Å²) in [6.45, 7) is 6.36. The number of carbonyl (C=O) groups excluding carboxylic acids is 3. The average molecular weight is 443 g/mol. The van der Waals surface area contributed by atoms with Crippen molar-refractivity contribution in [2.24, 2.45) is 5.92 Å². The zero-order valence-electron chi connectivity index (χ0n) is 18.3. The Hall–Kier alpha value is -2.64. The molecule has 31 heavy (non-hydrogen) atoms. The molecule has 0 spiro atoms. The van der Waals surface area contributed by atoms with Crippen molar-refractivity contribution < 1.29 is 19.1 Å². The molecule has 0 aliphatic heterocycles. The van der Waals surface area contributed by atoms with Crippen LogP contribution >= 0.6 is 11.8 Å². The topological polar surface area (TPSA) is 84.5 Å². The summed E-state index contributed by atoms with van der Waals surface area (Å²) >= 11 is 0.890. The first-order valence-electron chi connectivity index (χ1n) is 10.3. The number of rotatable bonds is 11. The molecule has 166 valence electrons. The zero-order chi connectivity index (χ0) is 22.6.